The molecule has 0 amide bonds. The number of hydrogen-bond acceptors (Lipinski definition) is 6. The molecule has 0 aromatic carbocycles. The summed E-state index contributed by atoms with van der Waals surface area (Å²) in [5.41, 5.74) is 0. The van der Waals surface area contributed by atoms with Gasteiger partial charge in [0.15, 0.2) is 5.82 Å². The van der Waals surface area contributed by atoms with Crippen LogP contribution in [0.2, 0.25) is 0 Å². The highest BCUT2D eigenvalue weighted by Gasteiger charge is 2.26. The highest BCUT2D eigenvalue weighted by Crippen LogP contribution is 2.14. The molecular weight excluding hydrogens is 262 g/mol. The average Bonchev–Trinajstić information content (AvgIpc) is 2.86. The lowest BCUT2D eigenvalue weighted by Crippen LogP contribution is -2.45. The maximum atomic E-state index is 10.9. The number of unbranched alkanes of at least 4 members (excludes halogenated alkanes) is 1. The molecule has 7 heteroatoms. The van der Waals surface area contributed by atoms with Crippen LogP contribution in [-0.4, -0.2) is 51.9 Å². The minimum absolute atomic E-state index is 0.0663. The molecule has 1 aromatic rings. The summed E-state index contributed by atoms with van der Waals surface area (Å²) in [6, 6.07) is -0.132. The van der Waals surface area contributed by atoms with Gasteiger partial charge >= 0.3 is 5.97 Å². The number of rotatable bonds is 7. The van der Waals surface area contributed by atoms with Gasteiger partial charge in [-0.3, -0.25) is 9.69 Å². The van der Waals surface area contributed by atoms with Gasteiger partial charge < -0.3 is 14.4 Å². The Morgan fingerprint density at radius 3 is 3.15 bits per heavy atom. The Labute approximate surface area is 117 Å². The Morgan fingerprint density at radius 2 is 2.40 bits per heavy atom. The van der Waals surface area contributed by atoms with Gasteiger partial charge in [0.25, 0.3) is 0 Å². The van der Waals surface area contributed by atoms with Crippen LogP contribution in [-0.2, 0) is 22.5 Å². The maximum absolute atomic E-state index is 10.9. The number of morpholine rings is 1. The van der Waals surface area contributed by atoms with E-state index in [1.807, 2.05) is 4.90 Å². The van der Waals surface area contributed by atoms with Crippen molar-refractivity contribution in [2.24, 2.45) is 0 Å². The molecule has 0 aliphatic carbocycles. The first-order valence-electron chi connectivity index (χ1n) is 7.04. The molecular formula is C13H21N3O4. The van der Waals surface area contributed by atoms with Crippen LogP contribution in [0.15, 0.2) is 4.52 Å². The number of aryl methyl sites for hydroxylation is 1. The molecule has 7 nitrogen and oxygen atoms in total. The average molecular weight is 283 g/mol. The van der Waals surface area contributed by atoms with E-state index < -0.39 is 5.97 Å². The van der Waals surface area contributed by atoms with Crippen LogP contribution < -0.4 is 0 Å². The molecule has 0 spiro atoms. The zero-order valence-corrected chi connectivity index (χ0v) is 11.7. The van der Waals surface area contributed by atoms with Crippen molar-refractivity contribution in [3.05, 3.63) is 11.7 Å². The van der Waals surface area contributed by atoms with Gasteiger partial charge in [-0.1, -0.05) is 18.5 Å². The first kappa shape index (κ1) is 14.9. The normalized spacial score (nSPS) is 20.1. The third-order valence-corrected chi connectivity index (χ3v) is 3.36. The van der Waals surface area contributed by atoms with Crippen molar-refractivity contribution in [3.63, 3.8) is 0 Å². The summed E-state index contributed by atoms with van der Waals surface area (Å²) >= 11 is 0. The standard InChI is InChI=1S/C13H21N3O4/c1-2-3-4-11-14-12(20-15-11)8-16-5-6-19-9-10(16)7-13(17)18/h10H,2-9H2,1H3,(H,17,18). The number of ether oxygens (including phenoxy) is 1. The van der Waals surface area contributed by atoms with E-state index in [0.717, 1.165) is 25.1 Å². The number of carboxylic acids is 1. The van der Waals surface area contributed by atoms with Crippen molar-refractivity contribution in [1.29, 1.82) is 0 Å². The first-order chi connectivity index (χ1) is 9.69. The molecule has 2 rings (SSSR count). The second-order valence-corrected chi connectivity index (χ2v) is 5.00. The summed E-state index contributed by atoms with van der Waals surface area (Å²) in [4.78, 5) is 17.2. The molecule has 2 heterocycles. The molecule has 0 saturated carbocycles. The van der Waals surface area contributed by atoms with Crippen LogP contribution in [0.4, 0.5) is 0 Å². The van der Waals surface area contributed by atoms with Crippen molar-refractivity contribution in [2.45, 2.75) is 45.2 Å². The maximum Gasteiger partial charge on any atom is 0.305 e. The van der Waals surface area contributed by atoms with Crippen molar-refractivity contribution < 1.29 is 19.2 Å². The number of carbonyl (C=O) groups is 1. The lowest BCUT2D eigenvalue weighted by molar-refractivity contribution is -0.140. The predicted molar refractivity (Wildman–Crippen MR) is 70.2 cm³/mol. The van der Waals surface area contributed by atoms with Gasteiger partial charge in [0.1, 0.15) is 0 Å². The van der Waals surface area contributed by atoms with Crippen molar-refractivity contribution in [2.75, 3.05) is 19.8 Å². The molecule has 112 valence electrons. The Kier molecular flexibility index (Phi) is 5.49. The zero-order chi connectivity index (χ0) is 14.4. The van der Waals surface area contributed by atoms with Crippen LogP contribution >= 0.6 is 0 Å². The fourth-order valence-corrected chi connectivity index (χ4v) is 2.25. The van der Waals surface area contributed by atoms with Gasteiger partial charge in [0.2, 0.25) is 5.89 Å². The molecule has 1 aliphatic rings. The van der Waals surface area contributed by atoms with E-state index in [9.17, 15) is 4.79 Å². The molecule has 1 unspecified atom stereocenters. The number of aliphatic carboxylic acids is 1. The number of carboxylic acid groups (broad SMARTS) is 1. The van der Waals surface area contributed by atoms with Crippen LogP contribution in [0.25, 0.3) is 0 Å². The van der Waals surface area contributed by atoms with Crippen LogP contribution in [0.1, 0.15) is 37.9 Å². The van der Waals surface area contributed by atoms with Gasteiger partial charge in [-0.05, 0) is 6.42 Å². The smallest absolute Gasteiger partial charge is 0.305 e. The molecule has 20 heavy (non-hydrogen) atoms. The topological polar surface area (TPSA) is 88.7 Å². The molecule has 1 fully saturated rings. The van der Waals surface area contributed by atoms with Crippen molar-refractivity contribution in [1.82, 2.24) is 15.0 Å². The lowest BCUT2D eigenvalue weighted by Gasteiger charge is -2.33. The van der Waals surface area contributed by atoms with Gasteiger partial charge in [0.05, 0.1) is 26.2 Å². The quantitative estimate of drug-likeness (QED) is 0.801. The molecule has 1 saturated heterocycles. The van der Waals surface area contributed by atoms with Crippen molar-refractivity contribution >= 4 is 5.97 Å². The van der Waals surface area contributed by atoms with E-state index in [2.05, 4.69) is 17.1 Å². The lowest BCUT2D eigenvalue weighted by atomic mass is 10.1. The Hall–Kier alpha value is -1.47. The fourth-order valence-electron chi connectivity index (χ4n) is 2.25. The molecule has 1 atom stereocenters. The molecule has 0 bridgehead atoms. The van der Waals surface area contributed by atoms with E-state index in [1.165, 1.54) is 0 Å². The molecule has 1 aromatic heterocycles. The van der Waals surface area contributed by atoms with E-state index >= 15 is 0 Å². The SMILES string of the molecule is CCCCc1noc(CN2CCOCC2CC(=O)O)n1. The largest absolute Gasteiger partial charge is 0.481 e. The monoisotopic (exact) mass is 283 g/mol. The summed E-state index contributed by atoms with van der Waals surface area (Å²) in [6.07, 6.45) is 3.02. The Morgan fingerprint density at radius 1 is 1.55 bits per heavy atom. The third-order valence-electron chi connectivity index (χ3n) is 3.36. The minimum atomic E-state index is -0.820. The summed E-state index contributed by atoms with van der Waals surface area (Å²) in [7, 11) is 0. The second-order valence-electron chi connectivity index (χ2n) is 5.00. The van der Waals surface area contributed by atoms with Gasteiger partial charge in [-0.15, -0.1) is 0 Å². The summed E-state index contributed by atoms with van der Waals surface area (Å²) < 4.78 is 10.6. The summed E-state index contributed by atoms with van der Waals surface area (Å²) in [6.45, 7) is 4.33. The molecule has 1 N–H and O–H groups in total. The Bertz CT molecular complexity index is 435. The van der Waals surface area contributed by atoms with Crippen LogP contribution in [0, 0.1) is 0 Å². The number of hydrogen-bond donors (Lipinski definition) is 1. The second kappa shape index (κ2) is 7.35. The van der Waals surface area contributed by atoms with Gasteiger partial charge in [-0.25, -0.2) is 0 Å². The fraction of sp³-hybridized carbons (Fsp3) is 0.769. The van der Waals surface area contributed by atoms with E-state index in [1.54, 1.807) is 0 Å². The predicted octanol–water partition coefficient (Wildman–Crippen LogP) is 1.09. The van der Waals surface area contributed by atoms with Crippen LogP contribution in [0.3, 0.4) is 0 Å². The third kappa shape index (κ3) is 4.28. The Balaban J connectivity index is 1.92. The van der Waals surface area contributed by atoms with Crippen molar-refractivity contribution in [3.8, 4) is 0 Å². The van der Waals surface area contributed by atoms with E-state index in [-0.39, 0.29) is 12.5 Å². The summed E-state index contributed by atoms with van der Waals surface area (Å²) in [5.74, 6) is 0.456. The van der Waals surface area contributed by atoms with Gasteiger partial charge in [-0.2, -0.15) is 4.98 Å². The zero-order valence-electron chi connectivity index (χ0n) is 11.7. The van der Waals surface area contributed by atoms with E-state index in [4.69, 9.17) is 14.4 Å². The highest BCUT2D eigenvalue weighted by atomic mass is 16.5. The minimum Gasteiger partial charge on any atom is -0.481 e. The number of aromatic nitrogens is 2. The molecule has 0 radical (unpaired) electrons. The highest BCUT2D eigenvalue weighted by molar-refractivity contribution is 5.67. The van der Waals surface area contributed by atoms with Crippen LogP contribution in [0.5, 0.6) is 0 Å². The number of nitrogens with zero attached hydrogens (tertiary/aromatic N) is 3. The van der Waals surface area contributed by atoms with Gasteiger partial charge in [0, 0.05) is 19.0 Å². The van der Waals surface area contributed by atoms with E-state index in [0.29, 0.717) is 32.2 Å². The summed E-state index contributed by atoms with van der Waals surface area (Å²) in [5, 5.41) is 12.9. The first-order valence-corrected chi connectivity index (χ1v) is 7.04. The molecule has 1 aliphatic heterocycles.